The zero-order valence-electron chi connectivity index (χ0n) is 11.9. The van der Waals surface area contributed by atoms with E-state index in [0.29, 0.717) is 4.47 Å². The van der Waals surface area contributed by atoms with Crippen molar-refractivity contribution in [2.24, 2.45) is 0 Å². The Balaban J connectivity index is 2.17. The first kappa shape index (κ1) is 15.3. The standard InChI is InChI=1S/C15H19BrFNO2/c1-14(2,3)20-13(19)18-15(7-4-8-15)10-5-6-12(17)11(16)9-10/h5-6,9H,4,7-8H2,1-3H3,(H,18,19). The van der Waals surface area contributed by atoms with Crippen molar-refractivity contribution in [1.82, 2.24) is 5.32 Å². The molecular weight excluding hydrogens is 325 g/mol. The van der Waals surface area contributed by atoms with Gasteiger partial charge in [0.05, 0.1) is 10.0 Å². The highest BCUT2D eigenvalue weighted by atomic mass is 79.9. The van der Waals surface area contributed by atoms with Gasteiger partial charge in [0.15, 0.2) is 0 Å². The minimum absolute atomic E-state index is 0.305. The molecule has 1 fully saturated rings. The molecule has 20 heavy (non-hydrogen) atoms. The fourth-order valence-corrected chi connectivity index (χ4v) is 2.69. The third-order valence-corrected chi connectivity index (χ3v) is 4.03. The Hall–Kier alpha value is -1.10. The van der Waals surface area contributed by atoms with Gasteiger partial charge < -0.3 is 10.1 Å². The SMILES string of the molecule is CC(C)(C)OC(=O)NC1(c2ccc(F)c(Br)c2)CCC1. The lowest BCUT2D eigenvalue weighted by atomic mass is 9.72. The number of nitrogens with one attached hydrogen (secondary N) is 1. The van der Waals surface area contributed by atoms with Crippen LogP contribution in [0.1, 0.15) is 45.6 Å². The monoisotopic (exact) mass is 343 g/mol. The van der Waals surface area contributed by atoms with Gasteiger partial charge >= 0.3 is 6.09 Å². The Bertz CT molecular complexity index is 521. The summed E-state index contributed by atoms with van der Waals surface area (Å²) < 4.78 is 19.1. The van der Waals surface area contributed by atoms with E-state index < -0.39 is 17.2 Å². The highest BCUT2D eigenvalue weighted by Gasteiger charge is 2.41. The largest absolute Gasteiger partial charge is 0.444 e. The number of amides is 1. The maximum atomic E-state index is 13.3. The number of carbonyl (C=O) groups is 1. The summed E-state index contributed by atoms with van der Waals surface area (Å²) in [4.78, 5) is 12.0. The number of hydrogen-bond donors (Lipinski definition) is 1. The number of hydrogen-bond acceptors (Lipinski definition) is 2. The van der Waals surface area contributed by atoms with Crippen LogP contribution in [0.3, 0.4) is 0 Å². The van der Waals surface area contributed by atoms with Crippen LogP contribution >= 0.6 is 15.9 Å². The van der Waals surface area contributed by atoms with Gasteiger partial charge in [0, 0.05) is 0 Å². The highest BCUT2D eigenvalue weighted by Crippen LogP contribution is 2.42. The molecule has 1 aliphatic rings. The molecule has 0 heterocycles. The number of benzene rings is 1. The Morgan fingerprint density at radius 2 is 2.05 bits per heavy atom. The van der Waals surface area contributed by atoms with Crippen LogP contribution in [0.25, 0.3) is 0 Å². The van der Waals surface area contributed by atoms with E-state index in [1.165, 1.54) is 6.07 Å². The molecule has 1 saturated carbocycles. The first-order chi connectivity index (χ1) is 9.22. The second kappa shape index (κ2) is 5.35. The minimum atomic E-state index is -0.529. The van der Waals surface area contributed by atoms with Crippen molar-refractivity contribution in [3.63, 3.8) is 0 Å². The van der Waals surface area contributed by atoms with Gasteiger partial charge in [0.1, 0.15) is 11.4 Å². The molecule has 2 rings (SSSR count). The molecule has 5 heteroatoms. The molecule has 3 nitrogen and oxygen atoms in total. The molecule has 1 N–H and O–H groups in total. The van der Waals surface area contributed by atoms with Crippen molar-refractivity contribution in [3.8, 4) is 0 Å². The van der Waals surface area contributed by atoms with Gasteiger partial charge in [0.2, 0.25) is 0 Å². The Morgan fingerprint density at radius 1 is 1.40 bits per heavy atom. The van der Waals surface area contributed by atoms with E-state index in [4.69, 9.17) is 4.74 Å². The maximum absolute atomic E-state index is 13.3. The number of ether oxygens (including phenoxy) is 1. The summed E-state index contributed by atoms with van der Waals surface area (Å²) in [5.41, 5.74) is -0.0559. The van der Waals surface area contributed by atoms with Crippen molar-refractivity contribution in [1.29, 1.82) is 0 Å². The molecule has 1 aromatic rings. The Morgan fingerprint density at radius 3 is 2.50 bits per heavy atom. The fraction of sp³-hybridized carbons (Fsp3) is 0.533. The fourth-order valence-electron chi connectivity index (χ4n) is 2.31. The number of rotatable bonds is 2. The smallest absolute Gasteiger partial charge is 0.408 e. The van der Waals surface area contributed by atoms with Crippen LogP contribution in [-0.2, 0) is 10.3 Å². The lowest BCUT2D eigenvalue weighted by molar-refractivity contribution is 0.0377. The molecule has 1 aliphatic carbocycles. The van der Waals surface area contributed by atoms with E-state index in [0.717, 1.165) is 24.8 Å². The molecule has 0 spiro atoms. The lowest BCUT2D eigenvalue weighted by Gasteiger charge is -2.43. The zero-order chi connectivity index (χ0) is 15.0. The molecule has 0 unspecified atom stereocenters. The third-order valence-electron chi connectivity index (χ3n) is 3.42. The summed E-state index contributed by atoms with van der Waals surface area (Å²) >= 11 is 3.19. The van der Waals surface area contributed by atoms with Crippen LogP contribution in [0.4, 0.5) is 9.18 Å². The van der Waals surface area contributed by atoms with E-state index in [1.54, 1.807) is 12.1 Å². The molecule has 0 bridgehead atoms. The topological polar surface area (TPSA) is 38.3 Å². The third kappa shape index (κ3) is 3.32. The first-order valence-corrected chi connectivity index (χ1v) is 7.48. The van der Waals surface area contributed by atoms with Crippen LogP contribution in [-0.4, -0.2) is 11.7 Å². The van der Waals surface area contributed by atoms with Crippen molar-refractivity contribution in [2.75, 3.05) is 0 Å². The quantitative estimate of drug-likeness (QED) is 0.858. The van der Waals surface area contributed by atoms with Crippen molar-refractivity contribution < 1.29 is 13.9 Å². The van der Waals surface area contributed by atoms with Crippen molar-refractivity contribution in [2.45, 2.75) is 51.2 Å². The predicted octanol–water partition coefficient (Wildman–Crippen LogP) is 4.49. The molecule has 1 amide bonds. The molecule has 0 aliphatic heterocycles. The van der Waals surface area contributed by atoms with Gasteiger partial charge in [-0.05, 0) is 73.7 Å². The van der Waals surface area contributed by atoms with Crippen LogP contribution in [0.2, 0.25) is 0 Å². The Labute approximate surface area is 127 Å². The minimum Gasteiger partial charge on any atom is -0.444 e. The van der Waals surface area contributed by atoms with E-state index in [2.05, 4.69) is 21.2 Å². The number of alkyl carbamates (subject to hydrolysis) is 1. The van der Waals surface area contributed by atoms with Crippen LogP contribution < -0.4 is 5.32 Å². The number of halogens is 2. The van der Waals surface area contributed by atoms with Gasteiger partial charge in [-0.2, -0.15) is 0 Å². The highest BCUT2D eigenvalue weighted by molar-refractivity contribution is 9.10. The van der Waals surface area contributed by atoms with Gasteiger partial charge in [-0.15, -0.1) is 0 Å². The van der Waals surface area contributed by atoms with Crippen LogP contribution in [0.5, 0.6) is 0 Å². The first-order valence-electron chi connectivity index (χ1n) is 6.69. The summed E-state index contributed by atoms with van der Waals surface area (Å²) in [7, 11) is 0. The second-order valence-electron chi connectivity index (χ2n) is 6.19. The number of carbonyl (C=O) groups excluding carboxylic acids is 1. The van der Waals surface area contributed by atoms with Gasteiger partial charge in [0.25, 0.3) is 0 Å². The lowest BCUT2D eigenvalue weighted by Crippen LogP contribution is -2.52. The summed E-state index contributed by atoms with van der Waals surface area (Å²) in [6, 6.07) is 4.86. The summed E-state index contributed by atoms with van der Waals surface area (Å²) in [6.45, 7) is 5.48. The second-order valence-corrected chi connectivity index (χ2v) is 7.05. The van der Waals surface area contributed by atoms with Gasteiger partial charge in [-0.1, -0.05) is 6.07 Å². The average Bonchev–Trinajstić information content (AvgIpc) is 2.25. The van der Waals surface area contributed by atoms with Crippen LogP contribution in [0, 0.1) is 5.82 Å². The molecular formula is C15H19BrFNO2. The normalized spacial score (nSPS) is 17.2. The molecule has 0 saturated heterocycles. The molecule has 0 radical (unpaired) electrons. The van der Waals surface area contributed by atoms with E-state index in [9.17, 15) is 9.18 Å². The Kier molecular flexibility index (Phi) is 4.09. The van der Waals surface area contributed by atoms with E-state index in [1.807, 2.05) is 20.8 Å². The summed E-state index contributed by atoms with van der Waals surface area (Å²) in [6.07, 6.45) is 2.28. The summed E-state index contributed by atoms with van der Waals surface area (Å²) in [5, 5.41) is 2.94. The van der Waals surface area contributed by atoms with Crippen molar-refractivity contribution >= 4 is 22.0 Å². The zero-order valence-corrected chi connectivity index (χ0v) is 13.5. The van der Waals surface area contributed by atoms with E-state index in [-0.39, 0.29) is 5.82 Å². The molecule has 1 aromatic carbocycles. The molecule has 0 atom stereocenters. The maximum Gasteiger partial charge on any atom is 0.408 e. The molecule has 0 aromatic heterocycles. The van der Waals surface area contributed by atoms with Crippen molar-refractivity contribution in [3.05, 3.63) is 34.1 Å². The predicted molar refractivity (Wildman–Crippen MR) is 79.0 cm³/mol. The van der Waals surface area contributed by atoms with Gasteiger partial charge in [-0.25, -0.2) is 9.18 Å². The average molecular weight is 344 g/mol. The van der Waals surface area contributed by atoms with Gasteiger partial charge in [-0.3, -0.25) is 0 Å². The van der Waals surface area contributed by atoms with E-state index >= 15 is 0 Å². The summed E-state index contributed by atoms with van der Waals surface area (Å²) in [5.74, 6) is -0.305. The molecule has 110 valence electrons. The van der Waals surface area contributed by atoms with Crippen LogP contribution in [0.15, 0.2) is 22.7 Å².